The van der Waals surface area contributed by atoms with Gasteiger partial charge < -0.3 is 19.9 Å². The van der Waals surface area contributed by atoms with Crippen LogP contribution in [0.4, 0.5) is 5.69 Å². The first-order valence-corrected chi connectivity index (χ1v) is 11.7. The number of benzene rings is 1. The Kier molecular flexibility index (Phi) is 8.31. The Morgan fingerprint density at radius 1 is 1.09 bits per heavy atom. The minimum absolute atomic E-state index is 0. The fourth-order valence-electron chi connectivity index (χ4n) is 4.56. The van der Waals surface area contributed by atoms with Gasteiger partial charge in [0.2, 0.25) is 11.7 Å². The fraction of sp³-hybridized carbons (Fsp3) is 0.560. The highest BCUT2D eigenvalue weighted by atomic mass is 16.5. The third kappa shape index (κ3) is 5.69. The fourth-order valence-corrected chi connectivity index (χ4v) is 4.56. The van der Waals surface area contributed by atoms with Gasteiger partial charge in [-0.1, -0.05) is 25.3 Å². The molecule has 1 fully saturated rings. The molecule has 1 aromatic carbocycles. The maximum atomic E-state index is 13.3. The van der Waals surface area contributed by atoms with Gasteiger partial charge in [0, 0.05) is 51.0 Å². The first-order valence-electron chi connectivity index (χ1n) is 11.7. The maximum Gasteiger partial charge on any atom is 0.295 e. The molecule has 0 radical (unpaired) electrons. The van der Waals surface area contributed by atoms with Crippen LogP contribution in [0.3, 0.4) is 0 Å². The summed E-state index contributed by atoms with van der Waals surface area (Å²) in [6.07, 6.45) is 7.55. The van der Waals surface area contributed by atoms with Crippen LogP contribution in [-0.4, -0.2) is 60.7 Å². The van der Waals surface area contributed by atoms with E-state index in [0.717, 1.165) is 42.7 Å². The smallest absolute Gasteiger partial charge is 0.295 e. The molecule has 1 N–H and O–H groups in total. The van der Waals surface area contributed by atoms with E-state index in [1.165, 1.54) is 11.3 Å². The van der Waals surface area contributed by atoms with Gasteiger partial charge in [0.25, 0.3) is 5.91 Å². The number of anilines is 1. The molecular weight excluding hydrogens is 406 g/mol. The lowest BCUT2D eigenvalue weighted by atomic mass is 9.88. The number of amides is 2. The number of hydrogen-bond acceptors (Lipinski definition) is 5. The average Bonchev–Trinajstić information content (AvgIpc) is 2.83. The lowest BCUT2D eigenvalue weighted by molar-refractivity contribution is -0.146. The predicted molar refractivity (Wildman–Crippen MR) is 127 cm³/mol. The molecule has 0 spiro atoms. The summed E-state index contributed by atoms with van der Waals surface area (Å²) in [6.45, 7) is 5.44. The van der Waals surface area contributed by atoms with Gasteiger partial charge in [0.15, 0.2) is 0 Å². The van der Waals surface area contributed by atoms with Crippen molar-refractivity contribution >= 4 is 23.3 Å². The van der Waals surface area contributed by atoms with Crippen molar-refractivity contribution in [1.82, 2.24) is 9.80 Å². The molecule has 32 heavy (non-hydrogen) atoms. The molecule has 1 aliphatic carbocycles. The minimum atomic E-state index is -0.582. The van der Waals surface area contributed by atoms with Crippen molar-refractivity contribution in [3.05, 3.63) is 35.5 Å². The Hall–Kier alpha value is -2.83. The molecule has 0 atom stereocenters. The Labute approximate surface area is 192 Å². The summed E-state index contributed by atoms with van der Waals surface area (Å²) in [5.74, 6) is -0.163. The van der Waals surface area contributed by atoms with Crippen LogP contribution in [0.15, 0.2) is 30.0 Å². The van der Waals surface area contributed by atoms with E-state index >= 15 is 0 Å². The molecule has 1 heterocycles. The SMILES string of the molecule is CCN(CC)C(=O)CN(CC1CCCCC1)C(=O)C(=O)C1=CNc2cc(OC)ccc2C1.[HH]. The van der Waals surface area contributed by atoms with Crippen molar-refractivity contribution in [2.75, 3.05) is 38.6 Å². The lowest BCUT2D eigenvalue weighted by Gasteiger charge is -2.31. The van der Waals surface area contributed by atoms with Crippen LogP contribution in [0.25, 0.3) is 0 Å². The normalized spacial score (nSPS) is 15.8. The van der Waals surface area contributed by atoms with E-state index in [9.17, 15) is 14.4 Å². The molecule has 0 saturated heterocycles. The first-order chi connectivity index (χ1) is 15.5. The van der Waals surface area contributed by atoms with Gasteiger partial charge in [-0.3, -0.25) is 14.4 Å². The number of Topliss-reactive ketones (excluding diaryl/α,β-unsaturated/α-hetero) is 1. The molecule has 0 unspecified atom stereocenters. The molecular formula is C25H37N3O4. The summed E-state index contributed by atoms with van der Waals surface area (Å²) in [7, 11) is 1.61. The van der Waals surface area contributed by atoms with Gasteiger partial charge in [-0.15, -0.1) is 0 Å². The van der Waals surface area contributed by atoms with Gasteiger partial charge in [-0.2, -0.15) is 0 Å². The summed E-state index contributed by atoms with van der Waals surface area (Å²) in [5.41, 5.74) is 2.21. The zero-order chi connectivity index (χ0) is 23.1. The van der Waals surface area contributed by atoms with Crippen molar-refractivity contribution in [2.45, 2.75) is 52.4 Å². The summed E-state index contributed by atoms with van der Waals surface area (Å²) >= 11 is 0. The Balaban J connectivity index is 0.00000385. The summed E-state index contributed by atoms with van der Waals surface area (Å²) in [6, 6.07) is 5.61. The van der Waals surface area contributed by atoms with E-state index in [1.807, 2.05) is 32.0 Å². The molecule has 1 saturated carbocycles. The molecule has 7 heteroatoms. The molecule has 2 amide bonds. The number of nitrogens with one attached hydrogen (secondary N) is 1. The largest absolute Gasteiger partial charge is 0.497 e. The van der Waals surface area contributed by atoms with E-state index in [4.69, 9.17) is 4.74 Å². The molecule has 0 aromatic heterocycles. The molecule has 7 nitrogen and oxygen atoms in total. The Morgan fingerprint density at radius 2 is 1.81 bits per heavy atom. The summed E-state index contributed by atoms with van der Waals surface area (Å²) < 4.78 is 5.25. The van der Waals surface area contributed by atoms with Gasteiger partial charge in [-0.25, -0.2) is 0 Å². The van der Waals surface area contributed by atoms with Crippen LogP contribution < -0.4 is 10.1 Å². The highest BCUT2D eigenvalue weighted by molar-refractivity contribution is 6.43. The van der Waals surface area contributed by atoms with Crippen LogP contribution in [0, 0.1) is 5.92 Å². The number of carbonyl (C=O) groups excluding carboxylic acids is 3. The van der Waals surface area contributed by atoms with E-state index in [1.54, 1.807) is 18.2 Å². The zero-order valence-corrected chi connectivity index (χ0v) is 19.5. The zero-order valence-electron chi connectivity index (χ0n) is 19.5. The second-order valence-electron chi connectivity index (χ2n) is 8.60. The lowest BCUT2D eigenvalue weighted by Crippen LogP contribution is -2.47. The number of likely N-dealkylation sites (N-methyl/N-ethyl adjacent to an activating group) is 1. The summed E-state index contributed by atoms with van der Waals surface area (Å²) in [4.78, 5) is 42.4. The third-order valence-electron chi connectivity index (χ3n) is 6.52. The van der Waals surface area contributed by atoms with Crippen LogP contribution in [0.2, 0.25) is 0 Å². The summed E-state index contributed by atoms with van der Waals surface area (Å²) in [5, 5.41) is 3.11. The maximum absolute atomic E-state index is 13.3. The van der Waals surface area contributed by atoms with Crippen LogP contribution >= 0.6 is 0 Å². The van der Waals surface area contributed by atoms with Gasteiger partial charge >= 0.3 is 0 Å². The number of nitrogens with zero attached hydrogens (tertiary/aromatic N) is 2. The number of fused-ring (bicyclic) bond motifs is 1. The molecule has 3 rings (SSSR count). The van der Waals surface area contributed by atoms with Crippen molar-refractivity contribution < 1.29 is 20.5 Å². The molecule has 1 aromatic rings. The molecule has 176 valence electrons. The number of ketones is 1. The van der Waals surface area contributed by atoms with Crippen molar-refractivity contribution in [3.63, 3.8) is 0 Å². The number of rotatable bonds is 9. The number of methoxy groups -OCH3 is 1. The standard InChI is InChI=1S/C25H35N3O4.H2/c1-4-27(5-2)23(29)17-28(16-18-9-7-6-8-10-18)25(31)24(30)20-13-19-11-12-21(32-3)14-22(19)26-15-20;/h11-12,14-15,18,26H,4-10,13,16-17H2,1-3H3;1H. The Bertz CT molecular complexity index is 876. The molecule has 2 aliphatic rings. The van der Waals surface area contributed by atoms with Crippen LogP contribution in [0.1, 0.15) is 52.9 Å². The molecule has 1 aliphatic heterocycles. The van der Waals surface area contributed by atoms with Crippen LogP contribution in [0.5, 0.6) is 5.75 Å². The van der Waals surface area contributed by atoms with Crippen molar-refractivity contribution in [1.29, 1.82) is 0 Å². The second-order valence-corrected chi connectivity index (χ2v) is 8.60. The van der Waals surface area contributed by atoms with E-state index < -0.39 is 11.7 Å². The predicted octanol–water partition coefficient (Wildman–Crippen LogP) is 3.64. The second kappa shape index (κ2) is 11.2. The molecule has 0 bridgehead atoms. The minimum Gasteiger partial charge on any atom is -0.497 e. The van der Waals surface area contributed by atoms with Gasteiger partial charge in [0.05, 0.1) is 7.11 Å². The third-order valence-corrected chi connectivity index (χ3v) is 6.52. The van der Waals surface area contributed by atoms with Crippen molar-refractivity contribution in [2.24, 2.45) is 5.92 Å². The van der Waals surface area contributed by atoms with Crippen molar-refractivity contribution in [3.8, 4) is 5.75 Å². The highest BCUT2D eigenvalue weighted by Crippen LogP contribution is 2.29. The van der Waals surface area contributed by atoms with Crippen LogP contribution in [-0.2, 0) is 20.8 Å². The number of ether oxygens (including phenoxy) is 1. The number of hydrogen-bond donors (Lipinski definition) is 1. The average molecular weight is 444 g/mol. The Morgan fingerprint density at radius 3 is 2.47 bits per heavy atom. The number of carbonyl (C=O) groups is 3. The topological polar surface area (TPSA) is 79.0 Å². The van der Waals surface area contributed by atoms with E-state index in [-0.39, 0.29) is 13.9 Å². The van der Waals surface area contributed by atoms with Gasteiger partial charge in [0.1, 0.15) is 12.3 Å². The highest BCUT2D eigenvalue weighted by Gasteiger charge is 2.31. The van der Waals surface area contributed by atoms with E-state index in [0.29, 0.717) is 37.5 Å². The van der Waals surface area contributed by atoms with Gasteiger partial charge in [-0.05, 0) is 44.2 Å². The quantitative estimate of drug-likeness (QED) is 0.590. The first kappa shape index (κ1) is 23.8. The monoisotopic (exact) mass is 443 g/mol. The van der Waals surface area contributed by atoms with E-state index in [2.05, 4.69) is 5.32 Å².